The zero-order valence-corrected chi connectivity index (χ0v) is 41.5. The van der Waals surface area contributed by atoms with E-state index in [1.54, 1.807) is 0 Å². The van der Waals surface area contributed by atoms with Crippen LogP contribution in [0.15, 0.2) is 48.6 Å². The minimum absolute atomic E-state index is 0.0208. The summed E-state index contributed by atoms with van der Waals surface area (Å²) in [5.41, 5.74) is 5.61. The van der Waals surface area contributed by atoms with Crippen molar-refractivity contribution in [3.8, 4) is 5.75 Å². The van der Waals surface area contributed by atoms with Crippen LogP contribution in [0.3, 0.4) is 0 Å². The quantitative estimate of drug-likeness (QED) is 0.0518. The molecule has 3 saturated heterocycles. The van der Waals surface area contributed by atoms with Gasteiger partial charge in [0.05, 0.1) is 18.8 Å². The van der Waals surface area contributed by atoms with Gasteiger partial charge in [-0.15, -0.1) is 0 Å². The van der Waals surface area contributed by atoms with Crippen LogP contribution in [0.1, 0.15) is 142 Å². The third kappa shape index (κ3) is 21.3. The van der Waals surface area contributed by atoms with Crippen LogP contribution in [-0.4, -0.2) is 141 Å². The second kappa shape index (κ2) is 32.5. The van der Waals surface area contributed by atoms with Crippen LogP contribution in [0.25, 0.3) is 0 Å². The van der Waals surface area contributed by atoms with Gasteiger partial charge in [0.2, 0.25) is 41.4 Å². The van der Waals surface area contributed by atoms with Crippen LogP contribution in [0, 0.1) is 5.92 Å². The standard InChI is InChI=1S/C33H48N6O11.C18H33NO/c1-18-13-23-31(47)35-26(50-17-40)7-3-6-25(44)34-15-27(45)38-12-4-5-22(38)30(46)37-29(24(43)14-20-8-10-21(42)11-9-20)32(48)36-28(19(2)41)33(49)39(23)16-18;1-2-3-4-5-6-7-8-9-10-11-12-13-14-15-16-17-18(19)20/h8-11,18-19,22-24,26,28-29,40-43H,3-7,12-17H2,1-2H3,(H,34,44)(H,35,47)(H,36,48)(H,37,46);6-7,9-10H,2-5,8,11-17H2,1H3,(H2,19,20)/b;7-6-,10-9-/t18-,19?,22?,23?,24?,26?,28?,29?;/m1./s1. The smallest absolute Gasteiger partial charge is 0.248 e. The molecule has 0 saturated carbocycles. The number of hydrogen-bond donors (Lipinski definition) is 9. The molecule has 8 atom stereocenters. The molecule has 1 aromatic rings. The third-order valence-electron chi connectivity index (χ3n) is 12.6. The van der Waals surface area contributed by atoms with E-state index in [1.807, 2.05) is 6.92 Å². The number of benzene rings is 1. The van der Waals surface area contributed by atoms with E-state index in [4.69, 9.17) is 10.5 Å². The Kier molecular flexibility index (Phi) is 27.4. The van der Waals surface area contributed by atoms with Gasteiger partial charge in [-0.2, -0.15) is 0 Å². The summed E-state index contributed by atoms with van der Waals surface area (Å²) in [7, 11) is 0. The number of carbonyl (C=O) groups is 7. The highest BCUT2D eigenvalue weighted by Crippen LogP contribution is 2.25. The average molecular weight is 984 g/mol. The van der Waals surface area contributed by atoms with Crippen molar-refractivity contribution in [3.05, 3.63) is 54.1 Å². The SMILES string of the molecule is CC(O)C1NC(=O)C(C(O)Cc2ccc(O)cc2)NC(=O)C2CCCN2C(=O)CNC(=O)CCCC(OCO)NC(=O)C2C[C@@H](C)CN2C1=O.CCCCC/C=C\C/C=C\CCCCCCCC(N)=O. The van der Waals surface area contributed by atoms with Gasteiger partial charge >= 0.3 is 0 Å². The summed E-state index contributed by atoms with van der Waals surface area (Å²) in [6, 6.07) is 0.551. The molecule has 0 radical (unpaired) electrons. The van der Waals surface area contributed by atoms with Gasteiger partial charge in [-0.3, -0.25) is 33.6 Å². The second-order valence-corrected chi connectivity index (χ2v) is 18.7. The van der Waals surface area contributed by atoms with Crippen molar-refractivity contribution in [1.82, 2.24) is 31.1 Å². The molecule has 19 heteroatoms. The van der Waals surface area contributed by atoms with Crippen LogP contribution in [-0.2, 0) is 44.7 Å². The Morgan fingerprint density at radius 2 is 1.46 bits per heavy atom. The normalized spacial score (nSPS) is 24.1. The first kappa shape index (κ1) is 58.9. The maximum Gasteiger partial charge on any atom is 0.248 e. The van der Waals surface area contributed by atoms with Crippen molar-refractivity contribution < 1.29 is 58.7 Å². The van der Waals surface area contributed by atoms with Crippen LogP contribution < -0.4 is 27.0 Å². The minimum Gasteiger partial charge on any atom is -0.508 e. The Bertz CT molecular complexity index is 1860. The van der Waals surface area contributed by atoms with E-state index in [9.17, 15) is 54.0 Å². The summed E-state index contributed by atoms with van der Waals surface area (Å²) in [5.74, 6) is -4.43. The summed E-state index contributed by atoms with van der Waals surface area (Å²) >= 11 is 0. The molecule has 19 nitrogen and oxygen atoms in total. The molecule has 7 amide bonds. The lowest BCUT2D eigenvalue weighted by molar-refractivity contribution is -0.147. The van der Waals surface area contributed by atoms with Crippen molar-refractivity contribution in [2.24, 2.45) is 11.7 Å². The lowest BCUT2D eigenvalue weighted by atomic mass is 9.99. The van der Waals surface area contributed by atoms with Gasteiger partial charge < -0.3 is 62.0 Å². The second-order valence-electron chi connectivity index (χ2n) is 18.7. The number of hydrogen-bond acceptors (Lipinski definition) is 12. The zero-order chi connectivity index (χ0) is 51.4. The summed E-state index contributed by atoms with van der Waals surface area (Å²) < 4.78 is 5.26. The summed E-state index contributed by atoms with van der Waals surface area (Å²) in [4.78, 5) is 93.7. The number of carbonyl (C=O) groups excluding carboxylic acids is 7. The Balaban J connectivity index is 0.000000545. The van der Waals surface area contributed by atoms with E-state index < -0.39 is 91.4 Å². The highest BCUT2D eigenvalue weighted by atomic mass is 16.6. The van der Waals surface area contributed by atoms with Gasteiger partial charge in [0.25, 0.3) is 0 Å². The number of aliphatic hydroxyl groups excluding tert-OH is 3. The van der Waals surface area contributed by atoms with Gasteiger partial charge in [-0.1, -0.05) is 82.4 Å². The Morgan fingerprint density at radius 3 is 2.11 bits per heavy atom. The molecule has 0 spiro atoms. The number of phenols is 1. The van der Waals surface area contributed by atoms with E-state index in [-0.39, 0.29) is 69.2 Å². The molecule has 0 aromatic heterocycles. The number of unbranched alkanes of at least 4 members (excludes halogenated alkanes) is 8. The molecule has 7 unspecified atom stereocenters. The van der Waals surface area contributed by atoms with E-state index >= 15 is 0 Å². The summed E-state index contributed by atoms with van der Waals surface area (Å²) in [6.07, 6.45) is 20.1. The number of ether oxygens (including phenoxy) is 1. The lowest BCUT2D eigenvalue weighted by Gasteiger charge is -2.33. The Morgan fingerprint density at radius 1 is 0.814 bits per heavy atom. The van der Waals surface area contributed by atoms with Gasteiger partial charge in [0.15, 0.2) is 0 Å². The number of phenolic OH excluding ortho intramolecular Hbond substituents is 1. The predicted octanol–water partition coefficient (Wildman–Crippen LogP) is 2.87. The predicted molar refractivity (Wildman–Crippen MR) is 263 cm³/mol. The number of primary amides is 1. The minimum atomic E-state index is -1.66. The van der Waals surface area contributed by atoms with Crippen molar-refractivity contribution >= 4 is 41.4 Å². The first-order valence-electron chi connectivity index (χ1n) is 25.3. The maximum absolute atomic E-state index is 14.0. The van der Waals surface area contributed by atoms with Gasteiger partial charge in [-0.25, -0.2) is 0 Å². The first-order chi connectivity index (χ1) is 33.6. The van der Waals surface area contributed by atoms with E-state index in [0.717, 1.165) is 19.3 Å². The Labute approximate surface area is 413 Å². The van der Waals surface area contributed by atoms with E-state index in [2.05, 4.69) is 52.5 Å². The van der Waals surface area contributed by atoms with Gasteiger partial charge in [-0.05, 0) is 101 Å². The monoisotopic (exact) mass is 984 g/mol. The topological polar surface area (TPSA) is 290 Å². The highest BCUT2D eigenvalue weighted by molar-refractivity contribution is 5.97. The van der Waals surface area contributed by atoms with Crippen LogP contribution >= 0.6 is 0 Å². The number of aliphatic hydroxyl groups is 3. The summed E-state index contributed by atoms with van der Waals surface area (Å²) in [5, 5.41) is 51.3. The van der Waals surface area contributed by atoms with Crippen LogP contribution in [0.5, 0.6) is 5.75 Å². The average Bonchev–Trinajstić information content (AvgIpc) is 3.98. The number of rotatable bonds is 20. The van der Waals surface area contributed by atoms with Gasteiger partial charge in [0.1, 0.15) is 42.9 Å². The van der Waals surface area contributed by atoms with Crippen molar-refractivity contribution in [2.45, 2.75) is 185 Å². The molecule has 3 fully saturated rings. The molecular weight excluding hydrogens is 903 g/mol. The molecule has 3 aliphatic heterocycles. The Hall–Kier alpha value is -5.37. The zero-order valence-electron chi connectivity index (χ0n) is 41.5. The van der Waals surface area contributed by atoms with E-state index in [1.165, 1.54) is 92.4 Å². The first-order valence-corrected chi connectivity index (χ1v) is 25.3. The fourth-order valence-electron chi connectivity index (χ4n) is 8.73. The van der Waals surface area contributed by atoms with Crippen molar-refractivity contribution in [3.63, 3.8) is 0 Å². The number of aromatic hydroxyl groups is 1. The maximum atomic E-state index is 14.0. The molecule has 392 valence electrons. The van der Waals surface area contributed by atoms with Crippen molar-refractivity contribution in [1.29, 1.82) is 0 Å². The molecule has 70 heavy (non-hydrogen) atoms. The molecule has 10 N–H and O–H groups in total. The number of allylic oxidation sites excluding steroid dienone is 4. The molecular formula is C51H81N7O12. The van der Waals surface area contributed by atoms with Crippen LogP contribution in [0.4, 0.5) is 0 Å². The number of nitrogens with one attached hydrogen (secondary N) is 4. The molecule has 3 aliphatic rings. The number of amides is 7. The fourth-order valence-corrected chi connectivity index (χ4v) is 8.73. The van der Waals surface area contributed by atoms with E-state index in [0.29, 0.717) is 18.4 Å². The lowest BCUT2D eigenvalue weighted by Crippen LogP contribution is -2.63. The third-order valence-corrected chi connectivity index (χ3v) is 12.6. The molecule has 0 bridgehead atoms. The summed E-state index contributed by atoms with van der Waals surface area (Å²) in [6.45, 7) is 4.57. The highest BCUT2D eigenvalue weighted by Gasteiger charge is 2.44. The molecule has 0 aliphatic carbocycles. The number of nitrogens with two attached hydrogens (primary N) is 1. The number of fused-ring (bicyclic) bond motifs is 2. The molecule has 4 rings (SSSR count). The largest absolute Gasteiger partial charge is 0.508 e. The number of nitrogens with zero attached hydrogens (tertiary/aromatic N) is 2. The van der Waals surface area contributed by atoms with Crippen molar-refractivity contribution in [2.75, 3.05) is 26.4 Å². The molecule has 3 heterocycles. The van der Waals surface area contributed by atoms with Gasteiger partial charge in [0, 0.05) is 32.4 Å². The fraction of sp³-hybridized carbons (Fsp3) is 0.667. The van der Waals surface area contributed by atoms with Crippen LogP contribution in [0.2, 0.25) is 0 Å². The molecule has 1 aromatic carbocycles.